The number of carbonyl (C=O) groups is 1. The van der Waals surface area contributed by atoms with Crippen LogP contribution in [0.2, 0.25) is 5.15 Å². The second-order valence-corrected chi connectivity index (χ2v) is 6.21. The predicted octanol–water partition coefficient (Wildman–Crippen LogP) is 1.41. The quantitative estimate of drug-likeness (QED) is 0.791. The Labute approximate surface area is 123 Å². The number of methoxy groups -OCH3 is 1. The maximum Gasteiger partial charge on any atom is 0.219 e. The molecule has 3 rings (SSSR count). The van der Waals surface area contributed by atoms with Gasteiger partial charge >= 0.3 is 0 Å². The van der Waals surface area contributed by atoms with Crippen molar-refractivity contribution in [1.29, 1.82) is 0 Å². The third-order valence-electron chi connectivity index (χ3n) is 4.11. The van der Waals surface area contributed by atoms with Crippen LogP contribution in [0, 0.1) is 5.41 Å². The van der Waals surface area contributed by atoms with E-state index >= 15 is 0 Å². The molecule has 5 nitrogen and oxygen atoms in total. The number of nitrogens with zero attached hydrogens (tertiary/aromatic N) is 3. The van der Waals surface area contributed by atoms with E-state index < -0.39 is 0 Å². The summed E-state index contributed by atoms with van der Waals surface area (Å²) >= 11 is 5.86. The highest BCUT2D eigenvalue weighted by molar-refractivity contribution is 6.29. The van der Waals surface area contributed by atoms with Gasteiger partial charge in [0.25, 0.3) is 0 Å². The molecule has 0 saturated carbocycles. The fraction of sp³-hybridized carbons (Fsp3) is 0.571. The third kappa shape index (κ3) is 2.36. The zero-order valence-corrected chi connectivity index (χ0v) is 12.5. The summed E-state index contributed by atoms with van der Waals surface area (Å²) < 4.78 is 5.26. The van der Waals surface area contributed by atoms with Crippen molar-refractivity contribution in [3.8, 4) is 5.88 Å². The Morgan fingerprint density at radius 2 is 2.10 bits per heavy atom. The molecule has 1 aromatic rings. The van der Waals surface area contributed by atoms with Gasteiger partial charge in [-0.05, 0) is 12.1 Å². The molecule has 0 bridgehead atoms. The van der Waals surface area contributed by atoms with Gasteiger partial charge in [-0.3, -0.25) is 9.69 Å². The fourth-order valence-corrected chi connectivity index (χ4v) is 3.32. The summed E-state index contributed by atoms with van der Waals surface area (Å²) in [5.74, 6) is 0.773. The number of hydrogen-bond acceptors (Lipinski definition) is 4. The number of halogens is 1. The van der Waals surface area contributed by atoms with Crippen molar-refractivity contribution in [1.82, 2.24) is 14.8 Å². The lowest BCUT2D eigenvalue weighted by Gasteiger charge is -2.60. The number of carbonyl (C=O) groups excluding carboxylic acids is 1. The lowest BCUT2D eigenvalue weighted by atomic mass is 9.72. The van der Waals surface area contributed by atoms with Crippen molar-refractivity contribution < 1.29 is 9.53 Å². The van der Waals surface area contributed by atoms with Crippen LogP contribution < -0.4 is 4.74 Å². The summed E-state index contributed by atoms with van der Waals surface area (Å²) in [6.07, 6.45) is 0. The summed E-state index contributed by atoms with van der Waals surface area (Å²) in [6.45, 7) is 6.30. The largest absolute Gasteiger partial charge is 0.481 e. The van der Waals surface area contributed by atoms with Crippen molar-refractivity contribution in [3.05, 3.63) is 22.8 Å². The van der Waals surface area contributed by atoms with E-state index in [1.165, 1.54) is 0 Å². The first-order valence-corrected chi connectivity index (χ1v) is 7.06. The number of ether oxygens (including phenoxy) is 1. The van der Waals surface area contributed by atoms with E-state index in [1.807, 2.05) is 11.0 Å². The van der Waals surface area contributed by atoms with Gasteiger partial charge in [0.15, 0.2) is 0 Å². The molecule has 1 amide bonds. The standard InChI is InChI=1S/C14H18ClN3O2/c1-10(19)18-8-14(9-18)6-17(7-14)5-11-3-4-12(15)16-13(11)20-2/h3-4H,5-9H2,1-2H3. The fourth-order valence-electron chi connectivity index (χ4n) is 3.18. The Balaban J connectivity index is 1.56. The molecule has 6 heteroatoms. The Kier molecular flexibility index (Phi) is 3.34. The van der Waals surface area contributed by atoms with Gasteiger partial charge in [-0.1, -0.05) is 11.6 Å². The molecule has 3 heterocycles. The molecule has 0 N–H and O–H groups in total. The molecular formula is C14H18ClN3O2. The Hall–Kier alpha value is -1.33. The molecular weight excluding hydrogens is 278 g/mol. The van der Waals surface area contributed by atoms with Crippen LogP contribution in [-0.4, -0.2) is 54.0 Å². The van der Waals surface area contributed by atoms with E-state index in [9.17, 15) is 4.79 Å². The Bertz CT molecular complexity index is 535. The average Bonchev–Trinajstić information content (AvgIpc) is 2.31. The maximum atomic E-state index is 11.2. The van der Waals surface area contributed by atoms with Gasteiger partial charge < -0.3 is 9.64 Å². The molecule has 0 radical (unpaired) electrons. The number of rotatable bonds is 3. The van der Waals surface area contributed by atoms with Crippen LogP contribution in [0.5, 0.6) is 5.88 Å². The van der Waals surface area contributed by atoms with Crippen LogP contribution >= 0.6 is 11.6 Å². The van der Waals surface area contributed by atoms with Crippen LogP contribution in [0.25, 0.3) is 0 Å². The minimum absolute atomic E-state index is 0.178. The first kappa shape index (κ1) is 13.6. The SMILES string of the molecule is COc1nc(Cl)ccc1CN1CC2(C1)CN(C(C)=O)C2. The van der Waals surface area contributed by atoms with E-state index in [0.29, 0.717) is 16.4 Å². The maximum absolute atomic E-state index is 11.2. The molecule has 0 unspecified atom stereocenters. The van der Waals surface area contributed by atoms with Gasteiger partial charge in [0.1, 0.15) is 5.15 Å². The summed E-state index contributed by atoms with van der Waals surface area (Å²) in [5.41, 5.74) is 1.38. The summed E-state index contributed by atoms with van der Waals surface area (Å²) in [6, 6.07) is 3.75. The minimum Gasteiger partial charge on any atom is -0.481 e. The molecule has 108 valence electrons. The number of hydrogen-bond donors (Lipinski definition) is 0. The highest BCUT2D eigenvalue weighted by atomic mass is 35.5. The molecule has 0 atom stereocenters. The lowest BCUT2D eigenvalue weighted by molar-refractivity contribution is -0.157. The van der Waals surface area contributed by atoms with Gasteiger partial charge in [0, 0.05) is 50.6 Å². The van der Waals surface area contributed by atoms with E-state index in [-0.39, 0.29) is 5.91 Å². The average molecular weight is 296 g/mol. The van der Waals surface area contributed by atoms with Crippen molar-refractivity contribution in [3.63, 3.8) is 0 Å². The summed E-state index contributed by atoms with van der Waals surface area (Å²) in [4.78, 5) is 19.6. The van der Waals surface area contributed by atoms with Crippen LogP contribution in [0.1, 0.15) is 12.5 Å². The number of aromatic nitrogens is 1. The first-order chi connectivity index (χ1) is 9.51. The van der Waals surface area contributed by atoms with Crippen molar-refractivity contribution in [2.24, 2.45) is 5.41 Å². The molecule has 20 heavy (non-hydrogen) atoms. The summed E-state index contributed by atoms with van der Waals surface area (Å²) in [5, 5.41) is 0.446. The molecule has 2 aliphatic heterocycles. The zero-order valence-electron chi connectivity index (χ0n) is 11.7. The van der Waals surface area contributed by atoms with Gasteiger partial charge in [0.2, 0.25) is 11.8 Å². The van der Waals surface area contributed by atoms with Crippen LogP contribution in [0.4, 0.5) is 0 Å². The summed E-state index contributed by atoms with van der Waals surface area (Å²) in [7, 11) is 1.61. The van der Waals surface area contributed by atoms with Crippen LogP contribution in [-0.2, 0) is 11.3 Å². The number of likely N-dealkylation sites (tertiary alicyclic amines) is 2. The van der Waals surface area contributed by atoms with E-state index in [0.717, 1.165) is 38.3 Å². The van der Waals surface area contributed by atoms with Gasteiger partial charge in [-0.2, -0.15) is 0 Å². The molecule has 0 aliphatic carbocycles. The van der Waals surface area contributed by atoms with E-state index in [1.54, 1.807) is 20.1 Å². The zero-order chi connectivity index (χ0) is 14.3. The molecule has 2 fully saturated rings. The van der Waals surface area contributed by atoms with Gasteiger partial charge in [-0.25, -0.2) is 4.98 Å². The highest BCUT2D eigenvalue weighted by Gasteiger charge is 2.52. The normalized spacial score (nSPS) is 20.4. The number of pyridine rings is 1. The molecule has 2 saturated heterocycles. The second kappa shape index (κ2) is 4.90. The molecule has 1 spiro atoms. The number of amides is 1. The third-order valence-corrected chi connectivity index (χ3v) is 4.32. The topological polar surface area (TPSA) is 45.7 Å². The van der Waals surface area contributed by atoms with Crippen molar-refractivity contribution in [2.75, 3.05) is 33.3 Å². The van der Waals surface area contributed by atoms with Gasteiger partial charge in [-0.15, -0.1) is 0 Å². The molecule has 2 aliphatic rings. The van der Waals surface area contributed by atoms with Crippen molar-refractivity contribution >= 4 is 17.5 Å². The van der Waals surface area contributed by atoms with E-state index in [4.69, 9.17) is 16.3 Å². The molecule has 0 aromatic carbocycles. The predicted molar refractivity (Wildman–Crippen MR) is 75.8 cm³/mol. The smallest absolute Gasteiger partial charge is 0.219 e. The van der Waals surface area contributed by atoms with Crippen LogP contribution in [0.15, 0.2) is 12.1 Å². The lowest BCUT2D eigenvalue weighted by Crippen LogP contribution is -2.72. The second-order valence-electron chi connectivity index (χ2n) is 5.82. The Morgan fingerprint density at radius 1 is 1.40 bits per heavy atom. The van der Waals surface area contributed by atoms with Crippen molar-refractivity contribution in [2.45, 2.75) is 13.5 Å². The van der Waals surface area contributed by atoms with E-state index in [2.05, 4.69) is 9.88 Å². The monoisotopic (exact) mass is 295 g/mol. The highest BCUT2D eigenvalue weighted by Crippen LogP contribution is 2.40. The molecule has 1 aromatic heterocycles. The van der Waals surface area contributed by atoms with Crippen LogP contribution in [0.3, 0.4) is 0 Å². The van der Waals surface area contributed by atoms with Gasteiger partial charge in [0.05, 0.1) is 7.11 Å². The Morgan fingerprint density at radius 3 is 2.70 bits per heavy atom. The first-order valence-electron chi connectivity index (χ1n) is 6.69. The minimum atomic E-state index is 0.178.